The molecule has 2 N–H and O–H groups in total. The molecule has 1 aromatic carbocycles. The third kappa shape index (κ3) is 3.50. The largest absolute Gasteiger partial charge is 0.372 e. The second kappa shape index (κ2) is 6.56. The Morgan fingerprint density at radius 3 is 2.70 bits per heavy atom. The number of nitrogens with one attached hydrogen (secondary N) is 2. The molecule has 1 aromatic heterocycles. The lowest BCUT2D eigenvalue weighted by atomic mass is 10.2. The van der Waals surface area contributed by atoms with E-state index in [0.717, 1.165) is 4.47 Å². The molecule has 0 fully saturated rings. The van der Waals surface area contributed by atoms with Crippen molar-refractivity contribution in [2.24, 2.45) is 0 Å². The Morgan fingerprint density at radius 1 is 1.30 bits per heavy atom. The summed E-state index contributed by atoms with van der Waals surface area (Å²) in [4.78, 5) is 16.5. The van der Waals surface area contributed by atoms with Crippen molar-refractivity contribution in [2.75, 3.05) is 17.7 Å². The quantitative estimate of drug-likeness (QED) is 0.767. The maximum atomic E-state index is 12.3. The number of pyridine rings is 1. The molecule has 0 radical (unpaired) electrons. The van der Waals surface area contributed by atoms with Crippen molar-refractivity contribution in [2.45, 2.75) is 0 Å². The summed E-state index contributed by atoms with van der Waals surface area (Å²) in [6.07, 6.45) is 1.63. The van der Waals surface area contributed by atoms with Gasteiger partial charge in [-0.15, -0.1) is 0 Å². The molecule has 4 nitrogen and oxygen atoms in total. The number of carbonyl (C=O) groups is 1. The molecule has 0 aliphatic rings. The molecule has 1 amide bonds. The fraction of sp³-hybridized carbons (Fsp3) is 0.0769. The van der Waals surface area contributed by atoms with E-state index in [1.54, 1.807) is 37.5 Å². The number of anilines is 2. The average molecular weight is 420 g/mol. The highest BCUT2D eigenvalue weighted by Crippen LogP contribution is 2.27. The summed E-state index contributed by atoms with van der Waals surface area (Å²) in [5, 5.41) is 6.29. The van der Waals surface area contributed by atoms with Crippen LogP contribution in [0.1, 0.15) is 10.4 Å². The van der Waals surface area contributed by atoms with Crippen molar-refractivity contribution >= 4 is 60.9 Å². The predicted octanol–water partition coefficient (Wildman–Crippen LogP) is 4.55. The standard InChI is InChI=1S/C13H10Br2ClN3O/c1-17-12-9(4-7(14)6-18-12)13(20)19-11-3-2-8(16)5-10(11)15/h2-6H,1H3,(H,17,18)(H,19,20). The topological polar surface area (TPSA) is 54.0 Å². The van der Waals surface area contributed by atoms with E-state index in [2.05, 4.69) is 47.5 Å². The van der Waals surface area contributed by atoms with Crippen molar-refractivity contribution in [3.8, 4) is 0 Å². The van der Waals surface area contributed by atoms with Gasteiger partial charge in [-0.1, -0.05) is 11.6 Å². The Kier molecular flexibility index (Phi) is 5.01. The summed E-state index contributed by atoms with van der Waals surface area (Å²) < 4.78 is 1.45. The van der Waals surface area contributed by atoms with Crippen LogP contribution in [-0.4, -0.2) is 17.9 Å². The van der Waals surface area contributed by atoms with E-state index in [9.17, 15) is 4.79 Å². The van der Waals surface area contributed by atoms with Crippen LogP contribution in [0.25, 0.3) is 0 Å². The summed E-state index contributed by atoms with van der Waals surface area (Å²) in [7, 11) is 1.71. The Labute approximate surface area is 138 Å². The highest BCUT2D eigenvalue weighted by atomic mass is 79.9. The molecule has 0 bridgehead atoms. The fourth-order valence-electron chi connectivity index (χ4n) is 1.59. The first-order valence-electron chi connectivity index (χ1n) is 5.61. The lowest BCUT2D eigenvalue weighted by molar-refractivity contribution is 0.102. The van der Waals surface area contributed by atoms with Crippen LogP contribution in [0, 0.1) is 0 Å². The molecule has 0 saturated carbocycles. The average Bonchev–Trinajstić information content (AvgIpc) is 2.41. The molecule has 0 spiro atoms. The number of carbonyl (C=O) groups excluding carboxylic acids is 1. The zero-order valence-electron chi connectivity index (χ0n) is 10.4. The monoisotopic (exact) mass is 417 g/mol. The maximum Gasteiger partial charge on any atom is 0.259 e. The zero-order valence-corrected chi connectivity index (χ0v) is 14.3. The first-order valence-corrected chi connectivity index (χ1v) is 7.57. The van der Waals surface area contributed by atoms with E-state index >= 15 is 0 Å². The number of aromatic nitrogens is 1. The van der Waals surface area contributed by atoms with Crippen molar-refractivity contribution in [3.05, 3.63) is 50.0 Å². The van der Waals surface area contributed by atoms with Gasteiger partial charge in [0.2, 0.25) is 0 Å². The molecule has 7 heteroatoms. The molecular formula is C13H10Br2ClN3O. The van der Waals surface area contributed by atoms with Gasteiger partial charge in [0.1, 0.15) is 5.82 Å². The minimum absolute atomic E-state index is 0.258. The van der Waals surface area contributed by atoms with Crippen molar-refractivity contribution in [1.29, 1.82) is 0 Å². The van der Waals surface area contributed by atoms with Gasteiger partial charge in [0, 0.05) is 27.2 Å². The first kappa shape index (κ1) is 15.3. The number of benzene rings is 1. The van der Waals surface area contributed by atoms with E-state index in [1.165, 1.54) is 0 Å². The van der Waals surface area contributed by atoms with Gasteiger partial charge < -0.3 is 10.6 Å². The SMILES string of the molecule is CNc1ncc(Br)cc1C(=O)Nc1ccc(Cl)cc1Br. The minimum Gasteiger partial charge on any atom is -0.372 e. The van der Waals surface area contributed by atoms with Crippen LogP contribution >= 0.6 is 43.5 Å². The number of hydrogen-bond acceptors (Lipinski definition) is 3. The summed E-state index contributed by atoms with van der Waals surface area (Å²) >= 11 is 12.5. The molecule has 1 heterocycles. The van der Waals surface area contributed by atoms with Crippen molar-refractivity contribution in [1.82, 2.24) is 4.98 Å². The zero-order chi connectivity index (χ0) is 14.7. The summed E-state index contributed by atoms with van der Waals surface area (Å²) in [5.41, 5.74) is 1.09. The molecule has 0 aliphatic carbocycles. The number of rotatable bonds is 3. The minimum atomic E-state index is -0.258. The lowest BCUT2D eigenvalue weighted by Gasteiger charge is -2.11. The second-order valence-electron chi connectivity index (χ2n) is 3.88. The molecule has 104 valence electrons. The van der Waals surface area contributed by atoms with E-state index in [-0.39, 0.29) is 5.91 Å². The van der Waals surface area contributed by atoms with Crippen LogP contribution in [0.4, 0.5) is 11.5 Å². The molecule has 0 unspecified atom stereocenters. The highest BCUT2D eigenvalue weighted by molar-refractivity contribution is 9.10. The van der Waals surface area contributed by atoms with Gasteiger partial charge in [-0.25, -0.2) is 4.98 Å². The molecule has 0 saturated heterocycles. The van der Waals surface area contributed by atoms with E-state index in [4.69, 9.17) is 11.6 Å². The van der Waals surface area contributed by atoms with Crippen LogP contribution in [0.2, 0.25) is 5.02 Å². The fourth-order valence-corrected chi connectivity index (χ4v) is 2.71. The Hall–Kier alpha value is -1.11. The Morgan fingerprint density at radius 2 is 2.05 bits per heavy atom. The van der Waals surface area contributed by atoms with Gasteiger partial charge in [0.15, 0.2) is 0 Å². The van der Waals surface area contributed by atoms with Gasteiger partial charge in [0.05, 0.1) is 11.3 Å². The van der Waals surface area contributed by atoms with Crippen molar-refractivity contribution in [3.63, 3.8) is 0 Å². The maximum absolute atomic E-state index is 12.3. The number of hydrogen-bond donors (Lipinski definition) is 2. The van der Waals surface area contributed by atoms with Gasteiger partial charge in [0.25, 0.3) is 5.91 Å². The first-order chi connectivity index (χ1) is 9.51. The Bertz CT molecular complexity index is 664. The summed E-state index contributed by atoms with van der Waals surface area (Å²) in [5.74, 6) is 0.252. The lowest BCUT2D eigenvalue weighted by Crippen LogP contribution is -2.15. The van der Waals surface area contributed by atoms with E-state index in [1.807, 2.05) is 0 Å². The van der Waals surface area contributed by atoms with Crippen LogP contribution in [0.5, 0.6) is 0 Å². The van der Waals surface area contributed by atoms with Gasteiger partial charge in [-0.3, -0.25) is 4.79 Å². The summed E-state index contributed by atoms with van der Waals surface area (Å²) in [6, 6.07) is 6.86. The Balaban J connectivity index is 2.30. The van der Waals surface area contributed by atoms with Crippen LogP contribution in [0.3, 0.4) is 0 Å². The molecule has 0 aliphatic heterocycles. The predicted molar refractivity (Wildman–Crippen MR) is 88.6 cm³/mol. The van der Waals surface area contributed by atoms with E-state index in [0.29, 0.717) is 26.6 Å². The number of nitrogens with zero attached hydrogens (tertiary/aromatic N) is 1. The third-order valence-electron chi connectivity index (χ3n) is 2.52. The highest BCUT2D eigenvalue weighted by Gasteiger charge is 2.14. The number of amides is 1. The molecule has 2 rings (SSSR count). The van der Waals surface area contributed by atoms with Crippen molar-refractivity contribution < 1.29 is 4.79 Å². The van der Waals surface area contributed by atoms with Crippen LogP contribution < -0.4 is 10.6 Å². The smallest absolute Gasteiger partial charge is 0.259 e. The summed E-state index contributed by atoms with van der Waals surface area (Å²) in [6.45, 7) is 0. The molecule has 2 aromatic rings. The molecular weight excluding hydrogens is 409 g/mol. The van der Waals surface area contributed by atoms with E-state index < -0.39 is 0 Å². The van der Waals surface area contributed by atoms with Crippen LogP contribution in [-0.2, 0) is 0 Å². The number of halogens is 3. The molecule has 20 heavy (non-hydrogen) atoms. The van der Waals surface area contributed by atoms with Crippen LogP contribution in [0.15, 0.2) is 39.4 Å². The van der Waals surface area contributed by atoms with Gasteiger partial charge in [-0.05, 0) is 56.1 Å². The normalized spacial score (nSPS) is 10.2. The third-order valence-corrected chi connectivity index (χ3v) is 3.84. The van der Waals surface area contributed by atoms with Gasteiger partial charge >= 0.3 is 0 Å². The second-order valence-corrected chi connectivity index (χ2v) is 6.08. The van der Waals surface area contributed by atoms with Gasteiger partial charge in [-0.2, -0.15) is 0 Å². The molecule has 0 atom stereocenters.